The number of unbranched alkanes of at least 4 members (excludes halogenated alkanes) is 1. The highest BCUT2D eigenvalue weighted by Crippen LogP contribution is 2.31. The third-order valence-electron chi connectivity index (χ3n) is 4.66. The number of nitrogens with one attached hydrogen (secondary N) is 2. The molecule has 23 heavy (non-hydrogen) atoms. The van der Waals surface area contributed by atoms with Crippen LogP contribution in [0.4, 0.5) is 5.69 Å². The van der Waals surface area contributed by atoms with Gasteiger partial charge in [-0.2, -0.15) is 0 Å². The van der Waals surface area contributed by atoms with Crippen molar-refractivity contribution < 1.29 is 9.59 Å². The van der Waals surface area contributed by atoms with Crippen molar-refractivity contribution in [1.29, 1.82) is 0 Å². The van der Waals surface area contributed by atoms with E-state index in [0.29, 0.717) is 0 Å². The number of carbonyl (C=O) groups excluding carboxylic acids is 2. The van der Waals surface area contributed by atoms with Crippen LogP contribution < -0.4 is 10.6 Å². The molecule has 0 atom stereocenters. The van der Waals surface area contributed by atoms with Gasteiger partial charge in [0.15, 0.2) is 0 Å². The molecule has 2 amide bonds. The highest BCUT2D eigenvalue weighted by molar-refractivity contribution is 5.94. The SMILES string of the molecule is CCCCC1CCC(C(=O)NCC(=O)Nc2ccccc2)CC1. The van der Waals surface area contributed by atoms with Crippen LogP contribution in [0.3, 0.4) is 0 Å². The smallest absolute Gasteiger partial charge is 0.243 e. The molecule has 4 nitrogen and oxygen atoms in total. The number of para-hydroxylation sites is 1. The molecule has 0 unspecified atom stereocenters. The molecule has 2 rings (SSSR count). The van der Waals surface area contributed by atoms with Gasteiger partial charge >= 0.3 is 0 Å². The van der Waals surface area contributed by atoms with Gasteiger partial charge in [-0.15, -0.1) is 0 Å². The molecule has 0 heterocycles. The van der Waals surface area contributed by atoms with Crippen molar-refractivity contribution in [3.05, 3.63) is 30.3 Å². The molecule has 1 aliphatic rings. The lowest BCUT2D eigenvalue weighted by molar-refractivity contribution is -0.128. The minimum atomic E-state index is -0.179. The van der Waals surface area contributed by atoms with Gasteiger partial charge in [0, 0.05) is 11.6 Å². The fourth-order valence-corrected chi connectivity index (χ4v) is 3.24. The summed E-state index contributed by atoms with van der Waals surface area (Å²) in [6, 6.07) is 9.29. The van der Waals surface area contributed by atoms with Gasteiger partial charge < -0.3 is 10.6 Å². The van der Waals surface area contributed by atoms with Crippen LogP contribution >= 0.6 is 0 Å². The molecule has 1 aromatic rings. The van der Waals surface area contributed by atoms with Crippen LogP contribution in [-0.2, 0) is 9.59 Å². The molecule has 0 saturated heterocycles. The topological polar surface area (TPSA) is 58.2 Å². The Hall–Kier alpha value is -1.84. The Morgan fingerprint density at radius 2 is 1.78 bits per heavy atom. The summed E-state index contributed by atoms with van der Waals surface area (Å²) in [5.74, 6) is 0.723. The average molecular weight is 316 g/mol. The summed E-state index contributed by atoms with van der Waals surface area (Å²) in [4.78, 5) is 24.0. The van der Waals surface area contributed by atoms with Crippen molar-refractivity contribution in [3.8, 4) is 0 Å². The Morgan fingerprint density at radius 3 is 2.43 bits per heavy atom. The lowest BCUT2D eigenvalue weighted by atomic mass is 9.79. The van der Waals surface area contributed by atoms with Gasteiger partial charge in [0.2, 0.25) is 11.8 Å². The number of rotatable bonds is 7. The predicted octanol–water partition coefficient (Wildman–Crippen LogP) is 3.74. The van der Waals surface area contributed by atoms with Gasteiger partial charge in [-0.1, -0.05) is 44.4 Å². The van der Waals surface area contributed by atoms with Crippen LogP contribution in [0.2, 0.25) is 0 Å². The standard InChI is InChI=1S/C19H28N2O2/c1-2-3-7-15-10-12-16(13-11-15)19(23)20-14-18(22)21-17-8-5-4-6-9-17/h4-6,8-9,15-16H,2-3,7,10-14H2,1H3,(H,20,23)(H,21,22). The molecular weight excluding hydrogens is 288 g/mol. The minimum absolute atomic E-state index is 0.0298. The molecule has 1 fully saturated rings. The van der Waals surface area contributed by atoms with Crippen molar-refractivity contribution in [2.75, 3.05) is 11.9 Å². The van der Waals surface area contributed by atoms with Crippen molar-refractivity contribution in [3.63, 3.8) is 0 Å². The summed E-state index contributed by atoms with van der Waals surface area (Å²) in [5, 5.41) is 5.56. The van der Waals surface area contributed by atoms with E-state index >= 15 is 0 Å². The first-order valence-electron chi connectivity index (χ1n) is 8.81. The normalized spacial score (nSPS) is 20.7. The zero-order valence-corrected chi connectivity index (χ0v) is 14.0. The largest absolute Gasteiger partial charge is 0.347 e. The number of benzene rings is 1. The summed E-state index contributed by atoms with van der Waals surface area (Å²) < 4.78 is 0. The number of hydrogen-bond acceptors (Lipinski definition) is 2. The Balaban J connectivity index is 1.66. The maximum atomic E-state index is 12.2. The first kappa shape index (κ1) is 17.5. The second-order valence-electron chi connectivity index (χ2n) is 6.49. The van der Waals surface area contributed by atoms with Gasteiger partial charge in [0.05, 0.1) is 6.54 Å². The third kappa shape index (κ3) is 6.05. The Morgan fingerprint density at radius 1 is 1.09 bits per heavy atom. The first-order chi connectivity index (χ1) is 11.2. The molecule has 0 spiro atoms. The summed E-state index contributed by atoms with van der Waals surface area (Å²) in [7, 11) is 0. The monoisotopic (exact) mass is 316 g/mol. The second kappa shape index (κ2) is 9.33. The van der Waals surface area contributed by atoms with Crippen molar-refractivity contribution in [2.24, 2.45) is 11.8 Å². The fourth-order valence-electron chi connectivity index (χ4n) is 3.24. The molecule has 4 heteroatoms. The van der Waals surface area contributed by atoms with Gasteiger partial charge in [-0.05, 0) is 43.7 Å². The van der Waals surface area contributed by atoms with E-state index in [-0.39, 0.29) is 24.3 Å². The second-order valence-corrected chi connectivity index (χ2v) is 6.49. The molecule has 1 aromatic carbocycles. The van der Waals surface area contributed by atoms with Crippen LogP contribution in [0.5, 0.6) is 0 Å². The molecule has 0 bridgehead atoms. The Labute approximate surface area is 139 Å². The molecular formula is C19H28N2O2. The quantitative estimate of drug-likeness (QED) is 0.805. The van der Waals surface area contributed by atoms with E-state index in [1.54, 1.807) is 0 Å². The van der Waals surface area contributed by atoms with Gasteiger partial charge in [0.25, 0.3) is 0 Å². The number of hydrogen-bond donors (Lipinski definition) is 2. The number of amides is 2. The van der Waals surface area contributed by atoms with Crippen LogP contribution in [0, 0.1) is 11.8 Å². The highest BCUT2D eigenvalue weighted by atomic mass is 16.2. The molecule has 0 aliphatic heterocycles. The van der Waals surface area contributed by atoms with E-state index in [0.717, 1.165) is 37.3 Å². The maximum absolute atomic E-state index is 12.2. The zero-order valence-electron chi connectivity index (χ0n) is 14.0. The third-order valence-corrected chi connectivity index (χ3v) is 4.66. The van der Waals surface area contributed by atoms with E-state index in [1.807, 2.05) is 30.3 Å². The molecule has 2 N–H and O–H groups in total. The first-order valence-corrected chi connectivity index (χ1v) is 8.81. The summed E-state index contributed by atoms with van der Waals surface area (Å²) in [6.07, 6.45) is 8.05. The molecule has 1 saturated carbocycles. The molecule has 0 radical (unpaired) electrons. The number of carbonyl (C=O) groups is 2. The Kier molecular flexibility index (Phi) is 7.11. The summed E-state index contributed by atoms with van der Waals surface area (Å²) >= 11 is 0. The molecule has 126 valence electrons. The van der Waals surface area contributed by atoms with Crippen molar-refractivity contribution in [2.45, 2.75) is 51.9 Å². The van der Waals surface area contributed by atoms with E-state index < -0.39 is 0 Å². The van der Waals surface area contributed by atoms with Crippen LogP contribution in [0.15, 0.2) is 30.3 Å². The lowest BCUT2D eigenvalue weighted by Crippen LogP contribution is -2.38. The summed E-state index contributed by atoms with van der Waals surface area (Å²) in [6.45, 7) is 2.27. The highest BCUT2D eigenvalue weighted by Gasteiger charge is 2.26. The fraction of sp³-hybridized carbons (Fsp3) is 0.579. The van der Waals surface area contributed by atoms with Crippen LogP contribution in [0.25, 0.3) is 0 Å². The van der Waals surface area contributed by atoms with E-state index in [1.165, 1.54) is 19.3 Å². The van der Waals surface area contributed by atoms with Crippen LogP contribution in [0.1, 0.15) is 51.9 Å². The summed E-state index contributed by atoms with van der Waals surface area (Å²) in [5.41, 5.74) is 0.753. The van der Waals surface area contributed by atoms with Gasteiger partial charge in [-0.25, -0.2) is 0 Å². The maximum Gasteiger partial charge on any atom is 0.243 e. The average Bonchev–Trinajstić information content (AvgIpc) is 2.59. The molecule has 0 aromatic heterocycles. The Bertz CT molecular complexity index is 493. The minimum Gasteiger partial charge on any atom is -0.347 e. The predicted molar refractivity (Wildman–Crippen MR) is 93.1 cm³/mol. The van der Waals surface area contributed by atoms with Crippen LogP contribution in [-0.4, -0.2) is 18.4 Å². The van der Waals surface area contributed by atoms with Gasteiger partial charge in [-0.3, -0.25) is 9.59 Å². The van der Waals surface area contributed by atoms with Gasteiger partial charge in [0.1, 0.15) is 0 Å². The van der Waals surface area contributed by atoms with E-state index in [4.69, 9.17) is 0 Å². The molecule has 1 aliphatic carbocycles. The zero-order chi connectivity index (χ0) is 16.5. The van der Waals surface area contributed by atoms with Crippen molar-refractivity contribution >= 4 is 17.5 Å². The van der Waals surface area contributed by atoms with E-state index in [2.05, 4.69) is 17.6 Å². The number of anilines is 1. The van der Waals surface area contributed by atoms with Crippen molar-refractivity contribution in [1.82, 2.24) is 5.32 Å². The van der Waals surface area contributed by atoms with E-state index in [9.17, 15) is 9.59 Å². The lowest BCUT2D eigenvalue weighted by Gasteiger charge is -2.27.